The van der Waals surface area contributed by atoms with Gasteiger partial charge in [-0.15, -0.1) is 23.7 Å². The molecule has 2 heterocycles. The summed E-state index contributed by atoms with van der Waals surface area (Å²) >= 11 is 8.37. The number of carbonyl (C=O) groups is 4. The van der Waals surface area contributed by atoms with E-state index in [0.29, 0.717) is 17.2 Å². The first kappa shape index (κ1) is 45.9. The average Bonchev–Trinajstić information content (AvgIpc) is 3.77. The lowest BCUT2D eigenvalue weighted by atomic mass is 9.77. The molecule has 1 aliphatic carbocycles. The van der Waals surface area contributed by atoms with Gasteiger partial charge in [-0.25, -0.2) is 4.98 Å². The molecule has 5 atom stereocenters. The molecule has 1 saturated heterocycles. The monoisotopic (exact) mass is 844 g/mol. The summed E-state index contributed by atoms with van der Waals surface area (Å²) in [7, 11) is 0. The molecule has 312 valence electrons. The van der Waals surface area contributed by atoms with Crippen molar-refractivity contribution in [3.63, 3.8) is 0 Å². The maximum absolute atomic E-state index is 14.2. The molecule has 2 fully saturated rings. The predicted molar refractivity (Wildman–Crippen MR) is 226 cm³/mol. The zero-order valence-corrected chi connectivity index (χ0v) is 35.9. The Morgan fingerprint density at radius 3 is 2.37 bits per heavy atom. The molecule has 57 heavy (non-hydrogen) atoms. The zero-order valence-electron chi connectivity index (χ0n) is 33.5. The summed E-state index contributed by atoms with van der Waals surface area (Å²) in [6.45, 7) is 9.75. The number of carbonyl (C=O) groups excluding carboxylic acids is 4. The van der Waals surface area contributed by atoms with E-state index in [9.17, 15) is 24.3 Å². The topological polar surface area (TPSA) is 190 Å². The van der Waals surface area contributed by atoms with Gasteiger partial charge >= 0.3 is 0 Å². The summed E-state index contributed by atoms with van der Waals surface area (Å²) in [5, 5.41) is 17.3. The van der Waals surface area contributed by atoms with Crippen molar-refractivity contribution >= 4 is 59.0 Å². The fraction of sp³-hybridized carbons (Fsp3) is 0.548. The summed E-state index contributed by atoms with van der Waals surface area (Å²) in [5.41, 5.74) is 16.4. The van der Waals surface area contributed by atoms with E-state index in [0.717, 1.165) is 52.9 Å². The van der Waals surface area contributed by atoms with Crippen molar-refractivity contribution in [2.24, 2.45) is 22.8 Å². The Labute approximate surface area is 351 Å². The van der Waals surface area contributed by atoms with Crippen molar-refractivity contribution in [2.75, 3.05) is 13.2 Å². The van der Waals surface area contributed by atoms with E-state index >= 15 is 0 Å². The van der Waals surface area contributed by atoms with Gasteiger partial charge in [0.1, 0.15) is 24.4 Å². The molecule has 0 unspecified atom stereocenters. The molecule has 0 radical (unpaired) electrons. The van der Waals surface area contributed by atoms with Crippen molar-refractivity contribution in [1.82, 2.24) is 20.5 Å². The van der Waals surface area contributed by atoms with Crippen LogP contribution < -0.4 is 26.8 Å². The lowest BCUT2D eigenvalue weighted by molar-refractivity contribution is -0.144. The molecule has 15 heteroatoms. The molecule has 12 nitrogen and oxygen atoms in total. The third-order valence-electron chi connectivity index (χ3n) is 11.0. The number of thiazole rings is 1. The van der Waals surface area contributed by atoms with Gasteiger partial charge in [-0.1, -0.05) is 68.8 Å². The smallest absolute Gasteiger partial charge is 0.246 e. The third kappa shape index (κ3) is 12.1. The van der Waals surface area contributed by atoms with Crippen LogP contribution in [0.2, 0.25) is 5.02 Å². The largest absolute Gasteiger partial charge is 0.490 e. The summed E-state index contributed by atoms with van der Waals surface area (Å²) in [5.74, 6) is -0.453. The minimum atomic E-state index is -0.891. The quantitative estimate of drug-likeness (QED) is 0.120. The van der Waals surface area contributed by atoms with Gasteiger partial charge < -0.3 is 36.8 Å². The van der Waals surface area contributed by atoms with Gasteiger partial charge in [0, 0.05) is 31.8 Å². The second kappa shape index (κ2) is 20.3. The molecule has 0 bridgehead atoms. The summed E-state index contributed by atoms with van der Waals surface area (Å²) in [4.78, 5) is 59.4. The van der Waals surface area contributed by atoms with Gasteiger partial charge in [-0.3, -0.25) is 19.2 Å². The number of amides is 4. The molecule has 1 saturated carbocycles. The van der Waals surface area contributed by atoms with Crippen LogP contribution in [0.15, 0.2) is 48.0 Å². The van der Waals surface area contributed by atoms with Crippen LogP contribution in [0.3, 0.4) is 0 Å². The Bertz CT molecular complexity index is 1840. The van der Waals surface area contributed by atoms with Crippen LogP contribution in [0, 0.1) is 18.3 Å². The van der Waals surface area contributed by atoms with Crippen molar-refractivity contribution in [3.05, 3.63) is 69.8 Å². The van der Waals surface area contributed by atoms with Gasteiger partial charge in [-0.2, -0.15) is 0 Å². The number of benzene rings is 2. The number of halogens is 2. The Kier molecular flexibility index (Phi) is 16.4. The standard InChI is InChI=1S/C42H57ClN6O6S.ClH/c1-24(27-13-15-29(16-14-27)38-25(2)46-23-56-38)47-40(53)33-20-31(50)21-49(33)41(54)39(42(3,4)5)48-36(52)19-26-9-11-28(12-10-26)32-7-6-8-34(37(32)43)55-22-30(44)17-18-35(45)51;/h6-8,13-16,23-24,26,28,30-31,33,39,50H,9-12,17-22,44H2,1-5H3,(H2,45,51)(H,47,53)(H,48,52);1H/t24-,26?,28?,30-,31+,33-,39+;/m0./s1. The molecule has 5 rings (SSSR count). The molecule has 3 aromatic rings. The predicted octanol–water partition coefficient (Wildman–Crippen LogP) is 6.20. The molecule has 2 aromatic carbocycles. The van der Waals surface area contributed by atoms with E-state index in [2.05, 4.69) is 15.6 Å². The number of hydrogen-bond donors (Lipinski definition) is 5. The minimum absolute atomic E-state index is 0. The number of aryl methyl sites for hydroxylation is 1. The van der Waals surface area contributed by atoms with E-state index in [1.165, 1.54) is 4.90 Å². The summed E-state index contributed by atoms with van der Waals surface area (Å²) in [6, 6.07) is 11.3. The maximum atomic E-state index is 14.2. The second-order valence-electron chi connectivity index (χ2n) is 16.5. The highest BCUT2D eigenvalue weighted by Crippen LogP contribution is 2.42. The lowest BCUT2D eigenvalue weighted by Gasteiger charge is -2.36. The third-order valence-corrected chi connectivity index (χ3v) is 12.4. The molecule has 7 N–H and O–H groups in total. The number of primary amides is 1. The lowest BCUT2D eigenvalue weighted by Crippen LogP contribution is -2.58. The van der Waals surface area contributed by atoms with Crippen LogP contribution in [-0.2, 0) is 19.2 Å². The Balaban J connectivity index is 0.00000720. The maximum Gasteiger partial charge on any atom is 0.246 e. The molecular weight excluding hydrogens is 787 g/mol. The van der Waals surface area contributed by atoms with E-state index in [-0.39, 0.29) is 86.5 Å². The number of β-amino-alcohol motifs (C(OH)–C–C–N with tert-alkyl or cyclic N) is 1. The number of likely N-dealkylation sites (tertiary alicyclic amines) is 1. The molecule has 2 aliphatic rings. The second-order valence-corrected chi connectivity index (χ2v) is 17.8. The zero-order chi connectivity index (χ0) is 40.7. The SMILES string of the molecule is Cc1ncsc1-c1ccc([C@H](C)NC(=O)[C@@H]2C[C@@H](O)CN2C(=O)[C@@H](NC(=O)CC2CCC(c3cccc(OC[C@@H](N)CCC(N)=O)c3Cl)CC2)C(C)(C)C)cc1.Cl. The molecule has 0 spiro atoms. The highest BCUT2D eigenvalue weighted by atomic mass is 35.5. The van der Waals surface area contributed by atoms with Crippen molar-refractivity contribution in [1.29, 1.82) is 0 Å². The van der Waals surface area contributed by atoms with Crippen LogP contribution >= 0.6 is 35.3 Å². The van der Waals surface area contributed by atoms with Crippen molar-refractivity contribution in [2.45, 2.75) is 122 Å². The Morgan fingerprint density at radius 1 is 1.07 bits per heavy atom. The van der Waals surface area contributed by atoms with Crippen molar-refractivity contribution in [3.8, 4) is 16.2 Å². The molecule has 1 aromatic heterocycles. The van der Waals surface area contributed by atoms with E-state index in [1.54, 1.807) is 17.4 Å². The number of nitrogens with one attached hydrogen (secondary N) is 2. The van der Waals surface area contributed by atoms with Gasteiger partial charge in [-0.05, 0) is 86.0 Å². The molecule has 1 aliphatic heterocycles. The van der Waals surface area contributed by atoms with Gasteiger partial charge in [0.15, 0.2) is 0 Å². The fourth-order valence-corrected chi connectivity index (χ4v) is 8.88. The summed E-state index contributed by atoms with van der Waals surface area (Å²) in [6.07, 6.45) is 3.48. The van der Waals surface area contributed by atoms with Crippen molar-refractivity contribution < 1.29 is 29.0 Å². The Morgan fingerprint density at radius 2 is 1.75 bits per heavy atom. The fourth-order valence-electron chi connectivity index (χ4n) is 7.74. The highest BCUT2D eigenvalue weighted by Gasteiger charge is 2.45. The number of aliphatic hydroxyl groups is 1. The van der Waals surface area contributed by atoms with E-state index in [1.807, 2.05) is 76.5 Å². The van der Waals surface area contributed by atoms with Crippen LogP contribution in [0.4, 0.5) is 0 Å². The van der Waals surface area contributed by atoms with Crippen LogP contribution in [0.25, 0.3) is 10.4 Å². The van der Waals surface area contributed by atoms with Crippen LogP contribution in [0.5, 0.6) is 5.75 Å². The molecular formula is C42H58Cl2N6O6S. The number of ether oxygens (including phenoxy) is 1. The number of aliphatic hydroxyl groups excluding tert-OH is 1. The van der Waals surface area contributed by atoms with Gasteiger partial charge in [0.2, 0.25) is 23.6 Å². The first-order valence-corrected chi connectivity index (χ1v) is 20.8. The minimum Gasteiger partial charge on any atom is -0.490 e. The van der Waals surface area contributed by atoms with Gasteiger partial charge in [0.05, 0.1) is 33.3 Å². The number of aromatic nitrogens is 1. The number of hydrogen-bond acceptors (Lipinski definition) is 9. The number of nitrogens with two attached hydrogens (primary N) is 2. The average molecular weight is 846 g/mol. The van der Waals surface area contributed by atoms with Gasteiger partial charge in [0.25, 0.3) is 0 Å². The Hall–Kier alpha value is -3.75. The van der Waals surface area contributed by atoms with Crippen LogP contribution in [-0.4, -0.2) is 76.0 Å². The van der Waals surface area contributed by atoms with Crippen LogP contribution in [0.1, 0.15) is 108 Å². The first-order valence-electron chi connectivity index (χ1n) is 19.6. The molecule has 4 amide bonds. The number of nitrogens with zero attached hydrogens (tertiary/aromatic N) is 2. The van der Waals surface area contributed by atoms with E-state index in [4.69, 9.17) is 27.8 Å². The number of rotatable bonds is 15. The highest BCUT2D eigenvalue weighted by molar-refractivity contribution is 7.13. The first-order chi connectivity index (χ1) is 26.5. The normalized spacial score (nSPS) is 21.2. The summed E-state index contributed by atoms with van der Waals surface area (Å²) < 4.78 is 5.90. The van der Waals surface area contributed by atoms with E-state index < -0.39 is 29.5 Å².